The van der Waals surface area contributed by atoms with Crippen LogP contribution in [0.2, 0.25) is 0 Å². The predicted molar refractivity (Wildman–Crippen MR) is 151 cm³/mol. The number of hydrogen-bond acceptors (Lipinski definition) is 5. The van der Waals surface area contributed by atoms with Crippen LogP contribution in [0.3, 0.4) is 0 Å². The number of aromatic nitrogens is 1. The van der Waals surface area contributed by atoms with Crippen molar-refractivity contribution in [3.8, 4) is 0 Å². The lowest BCUT2D eigenvalue weighted by molar-refractivity contribution is -0.645. The van der Waals surface area contributed by atoms with Crippen LogP contribution < -0.4 is 25.0 Å². The molecule has 4 rings (SSSR count). The molecular weight excluding hydrogens is 432 g/mol. The fourth-order valence-electron chi connectivity index (χ4n) is 5.07. The Labute approximate surface area is 211 Å². The number of aryl methyl sites for hydroxylation is 1. The summed E-state index contributed by atoms with van der Waals surface area (Å²) >= 11 is 0. The van der Waals surface area contributed by atoms with Crippen molar-refractivity contribution in [2.45, 2.75) is 32.2 Å². The summed E-state index contributed by atoms with van der Waals surface area (Å²) in [5.74, 6) is 0. The van der Waals surface area contributed by atoms with Crippen molar-refractivity contribution in [1.29, 1.82) is 0 Å². The first-order valence-corrected chi connectivity index (χ1v) is 13.4. The Balaban J connectivity index is 1.45. The van der Waals surface area contributed by atoms with Crippen molar-refractivity contribution < 1.29 is 4.57 Å². The van der Waals surface area contributed by atoms with Crippen LogP contribution in [0.5, 0.6) is 0 Å². The Hall–Kier alpha value is -2.41. The Morgan fingerprint density at radius 3 is 1.77 bits per heavy atom. The lowest BCUT2D eigenvalue weighted by Crippen LogP contribution is -2.36. The lowest BCUT2D eigenvalue weighted by atomic mass is 10.1. The molecule has 2 heterocycles. The Kier molecular flexibility index (Phi) is 9.18. The third-order valence-corrected chi connectivity index (χ3v) is 7.25. The van der Waals surface area contributed by atoms with Gasteiger partial charge in [-0.25, -0.2) is 0 Å². The van der Waals surface area contributed by atoms with Gasteiger partial charge in [0, 0.05) is 108 Å². The number of benzene rings is 2. The largest absolute Gasteiger partial charge is 0.377 e. The van der Waals surface area contributed by atoms with Crippen LogP contribution in [0.15, 0.2) is 42.5 Å². The molecule has 0 radical (unpaired) electrons. The van der Waals surface area contributed by atoms with E-state index >= 15 is 0 Å². The number of nitrogens with one attached hydrogen (secondary N) is 2. The number of nitrogens with zero attached hydrogens (tertiary/aromatic N) is 4. The van der Waals surface area contributed by atoms with Crippen LogP contribution in [0, 0.1) is 0 Å². The highest BCUT2D eigenvalue weighted by molar-refractivity contribution is 5.91. The third kappa shape index (κ3) is 6.84. The summed E-state index contributed by atoms with van der Waals surface area (Å²) in [6.45, 7) is 8.99. The summed E-state index contributed by atoms with van der Waals surface area (Å²) in [6, 6.07) is 16.0. The van der Waals surface area contributed by atoms with Gasteiger partial charge in [-0.1, -0.05) is 6.42 Å². The number of unbranched alkanes of at least 4 members (excludes halogenated alkanes) is 3. The maximum absolute atomic E-state index is 3.52. The molecule has 2 aromatic carbocycles. The smallest absolute Gasteiger partial charge is 0.215 e. The van der Waals surface area contributed by atoms with Crippen LogP contribution in [-0.2, 0) is 6.54 Å². The van der Waals surface area contributed by atoms with Crippen molar-refractivity contribution in [3.05, 3.63) is 42.5 Å². The normalized spacial score (nSPS) is 15.7. The second-order valence-electron chi connectivity index (χ2n) is 10.3. The first kappa shape index (κ1) is 25.7. The van der Waals surface area contributed by atoms with Crippen LogP contribution in [0.1, 0.15) is 25.7 Å². The lowest BCUT2D eigenvalue weighted by Gasteiger charge is -2.21. The average Bonchev–Trinajstić information content (AvgIpc) is 2.98. The maximum atomic E-state index is 3.52. The molecule has 1 aromatic heterocycles. The van der Waals surface area contributed by atoms with Gasteiger partial charge in [-0.2, -0.15) is 4.57 Å². The Bertz CT molecular complexity index is 1020. The van der Waals surface area contributed by atoms with E-state index in [0.717, 1.165) is 32.7 Å². The fraction of sp³-hybridized carbons (Fsp3) is 0.552. The number of anilines is 2. The Morgan fingerprint density at radius 2 is 1.23 bits per heavy atom. The molecule has 2 N–H and O–H groups in total. The number of fused-ring (bicyclic) bond motifs is 2. The summed E-state index contributed by atoms with van der Waals surface area (Å²) in [7, 11) is 8.49. The molecule has 190 valence electrons. The number of hydrogen-bond donors (Lipinski definition) is 2. The molecule has 35 heavy (non-hydrogen) atoms. The molecule has 0 unspecified atom stereocenters. The van der Waals surface area contributed by atoms with E-state index < -0.39 is 0 Å². The van der Waals surface area contributed by atoms with Gasteiger partial charge in [0.05, 0.1) is 0 Å². The van der Waals surface area contributed by atoms with Gasteiger partial charge >= 0.3 is 0 Å². The summed E-state index contributed by atoms with van der Waals surface area (Å²) in [5.41, 5.74) is 5.16. The monoisotopic (exact) mass is 477 g/mol. The van der Waals surface area contributed by atoms with E-state index in [0.29, 0.717) is 0 Å². The van der Waals surface area contributed by atoms with Gasteiger partial charge < -0.3 is 25.3 Å². The minimum absolute atomic E-state index is 1.05. The molecule has 0 bridgehead atoms. The van der Waals surface area contributed by atoms with Gasteiger partial charge in [-0.15, -0.1) is 0 Å². The summed E-state index contributed by atoms with van der Waals surface area (Å²) < 4.78 is 2.56. The number of pyridine rings is 1. The highest BCUT2D eigenvalue weighted by Gasteiger charge is 2.17. The van der Waals surface area contributed by atoms with Crippen LogP contribution >= 0.6 is 0 Å². The molecule has 0 spiro atoms. The quantitative estimate of drug-likeness (QED) is 0.280. The van der Waals surface area contributed by atoms with E-state index in [2.05, 4.69) is 101 Å². The molecule has 1 aliphatic rings. The van der Waals surface area contributed by atoms with E-state index in [1.54, 1.807) is 0 Å². The second kappa shape index (κ2) is 12.5. The first-order chi connectivity index (χ1) is 17.0. The maximum Gasteiger partial charge on any atom is 0.215 e. The van der Waals surface area contributed by atoms with E-state index in [1.165, 1.54) is 78.5 Å². The average molecular weight is 478 g/mol. The molecule has 3 aromatic rings. The highest BCUT2D eigenvalue weighted by atomic mass is 15.2. The fourth-order valence-corrected chi connectivity index (χ4v) is 5.07. The van der Waals surface area contributed by atoms with Gasteiger partial charge in [0.25, 0.3) is 0 Å². The molecule has 1 saturated heterocycles. The Morgan fingerprint density at radius 1 is 0.686 bits per heavy atom. The van der Waals surface area contributed by atoms with Gasteiger partial charge in [-0.3, -0.25) is 0 Å². The minimum Gasteiger partial charge on any atom is -0.377 e. The van der Waals surface area contributed by atoms with E-state index in [-0.39, 0.29) is 0 Å². The molecule has 1 fully saturated rings. The van der Waals surface area contributed by atoms with Crippen molar-refractivity contribution in [2.75, 3.05) is 83.8 Å². The van der Waals surface area contributed by atoms with Crippen molar-refractivity contribution >= 4 is 33.2 Å². The van der Waals surface area contributed by atoms with E-state index in [1.807, 2.05) is 0 Å². The van der Waals surface area contributed by atoms with Crippen LogP contribution in [-0.4, -0.2) is 78.9 Å². The van der Waals surface area contributed by atoms with Gasteiger partial charge in [0.1, 0.15) is 6.54 Å². The molecule has 1 aliphatic heterocycles. The summed E-state index contributed by atoms with van der Waals surface area (Å²) in [4.78, 5) is 7.01. The summed E-state index contributed by atoms with van der Waals surface area (Å²) in [5, 5.41) is 9.68. The van der Waals surface area contributed by atoms with Crippen LogP contribution in [0.25, 0.3) is 21.8 Å². The molecule has 0 aliphatic carbocycles. The SMILES string of the molecule is CN(C)c1ccc2cc3ccc(N(C)C)cc3[n+](CCCCCCN3CCNCCNCC3)c2c1. The van der Waals surface area contributed by atoms with E-state index in [9.17, 15) is 0 Å². The number of rotatable bonds is 9. The van der Waals surface area contributed by atoms with Gasteiger partial charge in [-0.05, 0) is 49.7 Å². The third-order valence-electron chi connectivity index (χ3n) is 7.25. The molecule has 0 saturated carbocycles. The first-order valence-electron chi connectivity index (χ1n) is 13.4. The molecular formula is C29H45N6+. The molecule has 6 nitrogen and oxygen atoms in total. The topological polar surface area (TPSA) is 37.7 Å². The zero-order chi connectivity index (χ0) is 24.6. The van der Waals surface area contributed by atoms with Crippen molar-refractivity contribution in [3.63, 3.8) is 0 Å². The zero-order valence-electron chi connectivity index (χ0n) is 22.3. The summed E-state index contributed by atoms with van der Waals surface area (Å²) in [6.07, 6.45) is 5.07. The zero-order valence-corrected chi connectivity index (χ0v) is 22.3. The highest BCUT2D eigenvalue weighted by Crippen LogP contribution is 2.25. The standard InChI is InChI=1S/C29H45N6/c1-32(2)26-11-9-24-21-25-10-12-27(33(3)4)23-29(25)35(28(24)22-26)18-8-6-5-7-17-34-19-15-30-13-14-31-16-20-34/h9-12,21-23,30-31H,5-8,13-20H2,1-4H3/q+1. The second-order valence-corrected chi connectivity index (χ2v) is 10.3. The van der Waals surface area contributed by atoms with Crippen LogP contribution in [0.4, 0.5) is 11.4 Å². The minimum atomic E-state index is 1.05. The molecule has 0 atom stereocenters. The molecule has 0 amide bonds. The van der Waals surface area contributed by atoms with Crippen molar-refractivity contribution in [2.24, 2.45) is 0 Å². The molecule has 6 heteroatoms. The van der Waals surface area contributed by atoms with Crippen molar-refractivity contribution in [1.82, 2.24) is 15.5 Å². The van der Waals surface area contributed by atoms with Gasteiger partial charge in [0.2, 0.25) is 11.0 Å². The van der Waals surface area contributed by atoms with E-state index in [4.69, 9.17) is 0 Å². The van der Waals surface area contributed by atoms with Gasteiger partial charge in [0.15, 0.2) is 0 Å². The predicted octanol–water partition coefficient (Wildman–Crippen LogP) is 3.47.